The second-order valence-corrected chi connectivity index (χ2v) is 7.63. The molecule has 2 aliphatic rings. The van der Waals surface area contributed by atoms with E-state index in [-0.39, 0.29) is 23.3 Å². The number of hydrogen-bond acceptors (Lipinski definition) is 4. The minimum Gasteiger partial charge on any atom is -0.342 e. The summed E-state index contributed by atoms with van der Waals surface area (Å²) in [4.78, 5) is 26.1. The van der Waals surface area contributed by atoms with E-state index in [1.807, 2.05) is 0 Å². The summed E-state index contributed by atoms with van der Waals surface area (Å²) in [5.41, 5.74) is 0. The van der Waals surface area contributed by atoms with Crippen LogP contribution in [0.5, 0.6) is 0 Å². The highest BCUT2D eigenvalue weighted by Crippen LogP contribution is 2.23. The van der Waals surface area contributed by atoms with Crippen molar-refractivity contribution >= 4 is 22.2 Å². The van der Waals surface area contributed by atoms with Crippen LogP contribution in [0.1, 0.15) is 19.3 Å². The van der Waals surface area contributed by atoms with Crippen LogP contribution in [0.3, 0.4) is 0 Å². The molecule has 0 aromatic rings. The van der Waals surface area contributed by atoms with E-state index in [4.69, 9.17) is 0 Å². The second kappa shape index (κ2) is 5.90. The molecule has 2 saturated heterocycles. The molecule has 0 aliphatic carbocycles. The van der Waals surface area contributed by atoms with Gasteiger partial charge in [0.2, 0.25) is 12.3 Å². The van der Waals surface area contributed by atoms with Crippen LogP contribution < -0.4 is 0 Å². The first-order chi connectivity index (χ1) is 9.00. The molecule has 0 atom stereocenters. The highest BCUT2D eigenvalue weighted by Gasteiger charge is 2.28. The molecule has 0 bridgehead atoms. The Hall–Kier alpha value is -1.11. The van der Waals surface area contributed by atoms with Gasteiger partial charge in [-0.15, -0.1) is 0 Å². The van der Waals surface area contributed by atoms with E-state index in [1.165, 1.54) is 0 Å². The molecule has 2 aliphatic heterocycles. The maximum atomic E-state index is 12.1. The Morgan fingerprint density at radius 1 is 1.11 bits per heavy atom. The van der Waals surface area contributed by atoms with Crippen molar-refractivity contribution in [3.63, 3.8) is 0 Å². The molecule has 6 nitrogen and oxygen atoms in total. The van der Waals surface area contributed by atoms with Gasteiger partial charge in [0.25, 0.3) is 0 Å². The predicted octanol–water partition coefficient (Wildman–Crippen LogP) is -0.498. The monoisotopic (exact) mass is 288 g/mol. The molecule has 2 heterocycles. The standard InChI is InChI=1S/C12H20N2O4S/c15-10-13-3-5-14(6-4-13)12(16)9-11-1-7-19(17,18)8-2-11/h10-11H,1-9H2. The first kappa shape index (κ1) is 14.3. The lowest BCUT2D eigenvalue weighted by Gasteiger charge is -2.33. The number of carbonyl (C=O) groups excluding carboxylic acids is 2. The van der Waals surface area contributed by atoms with Crippen molar-refractivity contribution < 1.29 is 18.0 Å². The molecule has 0 aromatic carbocycles. The Labute approximate surface area is 113 Å². The molecule has 19 heavy (non-hydrogen) atoms. The van der Waals surface area contributed by atoms with Gasteiger partial charge in [0.1, 0.15) is 9.84 Å². The van der Waals surface area contributed by atoms with Crippen molar-refractivity contribution in [1.82, 2.24) is 9.80 Å². The van der Waals surface area contributed by atoms with Crippen molar-refractivity contribution in [2.75, 3.05) is 37.7 Å². The van der Waals surface area contributed by atoms with Crippen LogP contribution >= 0.6 is 0 Å². The van der Waals surface area contributed by atoms with E-state index in [0.717, 1.165) is 6.41 Å². The second-order valence-electron chi connectivity index (χ2n) is 5.32. The zero-order valence-electron chi connectivity index (χ0n) is 11.0. The fraction of sp³-hybridized carbons (Fsp3) is 0.833. The van der Waals surface area contributed by atoms with E-state index in [1.54, 1.807) is 9.80 Å². The van der Waals surface area contributed by atoms with Crippen molar-refractivity contribution in [1.29, 1.82) is 0 Å². The predicted molar refractivity (Wildman–Crippen MR) is 70.2 cm³/mol. The maximum absolute atomic E-state index is 12.1. The van der Waals surface area contributed by atoms with E-state index < -0.39 is 9.84 Å². The van der Waals surface area contributed by atoms with Gasteiger partial charge in [0, 0.05) is 32.6 Å². The number of sulfone groups is 1. The Kier molecular flexibility index (Phi) is 4.44. The molecule has 2 fully saturated rings. The molecule has 0 saturated carbocycles. The zero-order valence-corrected chi connectivity index (χ0v) is 11.8. The van der Waals surface area contributed by atoms with Crippen LogP contribution in [0.2, 0.25) is 0 Å². The highest BCUT2D eigenvalue weighted by atomic mass is 32.2. The molecule has 2 amide bonds. The Morgan fingerprint density at radius 2 is 1.68 bits per heavy atom. The topological polar surface area (TPSA) is 74.8 Å². The average Bonchev–Trinajstić information content (AvgIpc) is 2.41. The van der Waals surface area contributed by atoms with Crippen molar-refractivity contribution in [2.45, 2.75) is 19.3 Å². The zero-order chi connectivity index (χ0) is 13.9. The molecule has 0 N–H and O–H groups in total. The van der Waals surface area contributed by atoms with E-state index in [0.29, 0.717) is 45.4 Å². The van der Waals surface area contributed by atoms with Crippen LogP contribution in [-0.2, 0) is 19.4 Å². The molecule has 0 radical (unpaired) electrons. The van der Waals surface area contributed by atoms with Gasteiger partial charge >= 0.3 is 0 Å². The van der Waals surface area contributed by atoms with Gasteiger partial charge in [-0.05, 0) is 18.8 Å². The summed E-state index contributed by atoms with van der Waals surface area (Å²) >= 11 is 0. The lowest BCUT2D eigenvalue weighted by molar-refractivity contribution is -0.136. The SMILES string of the molecule is O=CN1CCN(C(=O)CC2CCS(=O)(=O)CC2)CC1. The molecule has 2 rings (SSSR count). The van der Waals surface area contributed by atoms with E-state index in [9.17, 15) is 18.0 Å². The summed E-state index contributed by atoms with van der Waals surface area (Å²) in [6, 6.07) is 0. The van der Waals surface area contributed by atoms with Gasteiger partial charge < -0.3 is 9.80 Å². The van der Waals surface area contributed by atoms with Crippen molar-refractivity contribution in [3.05, 3.63) is 0 Å². The molecular formula is C12H20N2O4S. The molecule has 0 spiro atoms. The van der Waals surface area contributed by atoms with Crippen LogP contribution in [0.15, 0.2) is 0 Å². The summed E-state index contributed by atoms with van der Waals surface area (Å²) in [7, 11) is -2.86. The van der Waals surface area contributed by atoms with E-state index in [2.05, 4.69) is 0 Å². The van der Waals surface area contributed by atoms with Crippen molar-refractivity contribution in [3.8, 4) is 0 Å². The summed E-state index contributed by atoms with van der Waals surface area (Å²) in [5, 5.41) is 0. The van der Waals surface area contributed by atoms with Gasteiger partial charge in [0.15, 0.2) is 0 Å². The molecule has 108 valence electrons. The van der Waals surface area contributed by atoms with Crippen LogP contribution in [0.25, 0.3) is 0 Å². The molecule has 0 unspecified atom stereocenters. The third kappa shape index (κ3) is 3.92. The fourth-order valence-corrected chi connectivity index (χ4v) is 4.18. The maximum Gasteiger partial charge on any atom is 0.222 e. The number of carbonyl (C=O) groups is 2. The van der Waals surface area contributed by atoms with Crippen LogP contribution in [-0.4, -0.2) is 68.2 Å². The number of nitrogens with zero attached hydrogens (tertiary/aromatic N) is 2. The fourth-order valence-electron chi connectivity index (χ4n) is 2.60. The highest BCUT2D eigenvalue weighted by molar-refractivity contribution is 7.91. The van der Waals surface area contributed by atoms with Crippen LogP contribution in [0, 0.1) is 5.92 Å². The number of rotatable bonds is 3. The number of amides is 2. The van der Waals surface area contributed by atoms with Gasteiger partial charge in [-0.25, -0.2) is 8.42 Å². The van der Waals surface area contributed by atoms with Crippen molar-refractivity contribution in [2.24, 2.45) is 5.92 Å². The largest absolute Gasteiger partial charge is 0.342 e. The lowest BCUT2D eigenvalue weighted by Crippen LogP contribution is -2.48. The number of hydrogen-bond donors (Lipinski definition) is 0. The Morgan fingerprint density at radius 3 is 2.21 bits per heavy atom. The number of piperazine rings is 1. The lowest BCUT2D eigenvalue weighted by atomic mass is 9.98. The quantitative estimate of drug-likeness (QED) is 0.656. The third-order valence-corrected chi connectivity index (χ3v) is 5.67. The Bertz CT molecular complexity index is 427. The van der Waals surface area contributed by atoms with Gasteiger partial charge in [0.05, 0.1) is 11.5 Å². The average molecular weight is 288 g/mol. The smallest absolute Gasteiger partial charge is 0.222 e. The Balaban J connectivity index is 1.77. The minimum absolute atomic E-state index is 0.0925. The van der Waals surface area contributed by atoms with Gasteiger partial charge in [-0.3, -0.25) is 9.59 Å². The summed E-state index contributed by atoms with van der Waals surface area (Å²) in [6.45, 7) is 2.35. The summed E-state index contributed by atoms with van der Waals surface area (Å²) in [6.07, 6.45) is 2.45. The minimum atomic E-state index is -2.86. The van der Waals surface area contributed by atoms with Crippen LogP contribution in [0.4, 0.5) is 0 Å². The van der Waals surface area contributed by atoms with Gasteiger partial charge in [-0.1, -0.05) is 0 Å². The normalized spacial score (nSPS) is 24.2. The van der Waals surface area contributed by atoms with Gasteiger partial charge in [-0.2, -0.15) is 0 Å². The molecule has 7 heteroatoms. The van der Waals surface area contributed by atoms with E-state index >= 15 is 0 Å². The molecule has 0 aromatic heterocycles. The summed E-state index contributed by atoms with van der Waals surface area (Å²) < 4.78 is 22.6. The molecular weight excluding hydrogens is 268 g/mol. The first-order valence-corrected chi connectivity index (χ1v) is 8.50. The summed E-state index contributed by atoms with van der Waals surface area (Å²) in [5.74, 6) is 0.711. The third-order valence-electron chi connectivity index (χ3n) is 3.95. The first-order valence-electron chi connectivity index (χ1n) is 6.68.